The van der Waals surface area contributed by atoms with Crippen molar-refractivity contribution in [2.24, 2.45) is 4.99 Å². The molecule has 31 heavy (non-hydrogen) atoms. The number of sulfone groups is 1. The van der Waals surface area contributed by atoms with Gasteiger partial charge in [0.05, 0.1) is 17.5 Å². The lowest BCUT2D eigenvalue weighted by molar-refractivity contribution is -0.119. The number of hydrogen-bond acceptors (Lipinski definition) is 7. The smallest absolute Gasteiger partial charge is 0.285 e. The molecule has 3 aliphatic heterocycles. The summed E-state index contributed by atoms with van der Waals surface area (Å²) in [6, 6.07) is 11.7. The lowest BCUT2D eigenvalue weighted by atomic mass is 10.2. The molecule has 0 aliphatic carbocycles. The number of thioether (sulfide) groups is 1. The summed E-state index contributed by atoms with van der Waals surface area (Å²) in [5, 5.41) is 0.828. The van der Waals surface area contributed by atoms with Gasteiger partial charge in [-0.3, -0.25) is 4.79 Å². The van der Waals surface area contributed by atoms with Gasteiger partial charge in [0.1, 0.15) is 5.75 Å². The van der Waals surface area contributed by atoms with Crippen molar-refractivity contribution in [1.82, 2.24) is 0 Å². The fraction of sp³-hybridized carbons (Fsp3) is 0.300. The maximum Gasteiger partial charge on any atom is 0.285 e. The highest BCUT2D eigenvalue weighted by molar-refractivity contribution is 8.16. The zero-order valence-corrected chi connectivity index (χ0v) is 18.5. The van der Waals surface area contributed by atoms with Gasteiger partial charge in [-0.15, -0.1) is 0 Å². The first kappa shape index (κ1) is 20.5. The Kier molecular flexibility index (Phi) is 5.23. The van der Waals surface area contributed by atoms with Gasteiger partial charge in [-0.05, 0) is 36.4 Å². The molecule has 0 spiro atoms. The molecule has 0 unspecified atom stereocenters. The van der Waals surface area contributed by atoms with Gasteiger partial charge in [-0.25, -0.2) is 8.42 Å². The molecule has 2 fully saturated rings. The van der Waals surface area contributed by atoms with Crippen molar-refractivity contribution in [3.05, 3.63) is 47.5 Å². The summed E-state index contributed by atoms with van der Waals surface area (Å²) in [5.41, 5.74) is 0.700. The Labute approximate surface area is 188 Å². The Bertz CT molecular complexity index is 1170. The van der Waals surface area contributed by atoms with Gasteiger partial charge in [-0.2, -0.15) is 4.99 Å². The Balaban J connectivity index is 1.39. The third kappa shape index (κ3) is 4.19. The highest BCUT2D eigenvalue weighted by Crippen LogP contribution is 2.43. The van der Waals surface area contributed by atoms with E-state index >= 15 is 0 Å². The van der Waals surface area contributed by atoms with Crippen LogP contribution in [-0.2, 0) is 14.6 Å². The number of rotatable bonds is 4. The van der Waals surface area contributed by atoms with Crippen LogP contribution in [0.5, 0.6) is 17.2 Å². The molecule has 11 heteroatoms. The molecule has 2 aromatic carbocycles. The molecular weight excluding hydrogens is 464 g/mol. The predicted molar refractivity (Wildman–Crippen MR) is 118 cm³/mol. The van der Waals surface area contributed by atoms with E-state index in [2.05, 4.69) is 4.99 Å². The van der Waals surface area contributed by atoms with Crippen LogP contribution in [0.1, 0.15) is 0 Å². The van der Waals surface area contributed by atoms with Crippen molar-refractivity contribution in [2.45, 2.75) is 11.3 Å². The molecule has 162 valence electrons. The van der Waals surface area contributed by atoms with E-state index in [0.29, 0.717) is 33.1 Å². The van der Waals surface area contributed by atoms with E-state index in [1.165, 1.54) is 11.8 Å². The molecule has 8 nitrogen and oxygen atoms in total. The molecule has 3 aliphatic rings. The van der Waals surface area contributed by atoms with Gasteiger partial charge < -0.3 is 19.1 Å². The number of nitrogens with zero attached hydrogens (tertiary/aromatic N) is 2. The Morgan fingerprint density at radius 3 is 2.74 bits per heavy atom. The summed E-state index contributed by atoms with van der Waals surface area (Å²) < 4.78 is 40.7. The zero-order valence-electron chi connectivity index (χ0n) is 16.1. The van der Waals surface area contributed by atoms with Gasteiger partial charge in [-0.1, -0.05) is 23.4 Å². The number of aliphatic imine (C=N–C) groups is 1. The number of anilines is 1. The summed E-state index contributed by atoms with van der Waals surface area (Å²) in [4.78, 5) is 18.6. The van der Waals surface area contributed by atoms with Gasteiger partial charge in [0.2, 0.25) is 6.79 Å². The fourth-order valence-electron chi connectivity index (χ4n) is 3.72. The molecular formula is C20H17ClN2O6S2. The van der Waals surface area contributed by atoms with Gasteiger partial charge >= 0.3 is 0 Å². The monoisotopic (exact) mass is 480 g/mol. The second-order valence-electron chi connectivity index (χ2n) is 7.24. The molecule has 0 bridgehead atoms. The van der Waals surface area contributed by atoms with Crippen LogP contribution in [-0.4, -0.2) is 55.7 Å². The van der Waals surface area contributed by atoms with Crippen LogP contribution in [0.4, 0.5) is 5.69 Å². The minimum Gasteiger partial charge on any atom is -0.484 e. The molecule has 3 heterocycles. The van der Waals surface area contributed by atoms with Crippen LogP contribution in [0.3, 0.4) is 0 Å². The van der Waals surface area contributed by atoms with E-state index in [1.807, 2.05) is 11.0 Å². The quantitative estimate of drug-likeness (QED) is 0.659. The largest absolute Gasteiger partial charge is 0.484 e. The van der Waals surface area contributed by atoms with Crippen molar-refractivity contribution in [2.75, 3.05) is 29.8 Å². The molecule has 0 aromatic heterocycles. The number of amides is 1. The highest BCUT2D eigenvalue weighted by Gasteiger charge is 2.49. The molecule has 0 saturated carbocycles. The summed E-state index contributed by atoms with van der Waals surface area (Å²) in [7, 11) is -3.15. The number of halogens is 1. The van der Waals surface area contributed by atoms with E-state index < -0.39 is 15.7 Å². The highest BCUT2D eigenvalue weighted by atomic mass is 35.5. The third-order valence-electron chi connectivity index (χ3n) is 5.10. The van der Waals surface area contributed by atoms with Crippen LogP contribution in [0.2, 0.25) is 5.02 Å². The van der Waals surface area contributed by atoms with Crippen molar-refractivity contribution in [3.63, 3.8) is 0 Å². The van der Waals surface area contributed by atoms with Crippen molar-refractivity contribution in [3.8, 4) is 17.2 Å². The third-order valence-corrected chi connectivity index (χ3v) is 8.56. The van der Waals surface area contributed by atoms with E-state index in [9.17, 15) is 13.2 Å². The topological polar surface area (TPSA) is 94.5 Å². The van der Waals surface area contributed by atoms with E-state index in [1.54, 1.807) is 36.4 Å². The van der Waals surface area contributed by atoms with Gasteiger partial charge in [0, 0.05) is 22.0 Å². The van der Waals surface area contributed by atoms with Crippen LogP contribution < -0.4 is 19.1 Å². The minimum atomic E-state index is -3.15. The van der Waals surface area contributed by atoms with E-state index in [-0.39, 0.29) is 36.2 Å². The molecule has 1 amide bonds. The fourth-order valence-corrected chi connectivity index (χ4v) is 7.77. The molecule has 0 radical (unpaired) electrons. The Hall–Kier alpha value is -2.43. The number of amidine groups is 1. The summed E-state index contributed by atoms with van der Waals surface area (Å²) >= 11 is 7.15. The van der Waals surface area contributed by atoms with Crippen molar-refractivity contribution in [1.29, 1.82) is 0 Å². The number of benzene rings is 2. The van der Waals surface area contributed by atoms with E-state index in [0.717, 1.165) is 0 Å². The van der Waals surface area contributed by atoms with Gasteiger partial charge in [0.25, 0.3) is 5.91 Å². The maximum absolute atomic E-state index is 12.5. The lowest BCUT2D eigenvalue weighted by Crippen LogP contribution is -2.37. The summed E-state index contributed by atoms with van der Waals surface area (Å²) in [5.74, 6) is 1.30. The van der Waals surface area contributed by atoms with Gasteiger partial charge in [0.15, 0.2) is 33.1 Å². The second kappa shape index (κ2) is 7.92. The van der Waals surface area contributed by atoms with Crippen molar-refractivity contribution < 1.29 is 27.4 Å². The van der Waals surface area contributed by atoms with Crippen molar-refractivity contribution >= 4 is 50.0 Å². The average Bonchev–Trinajstić information content (AvgIpc) is 3.38. The SMILES string of the molecule is O=C(COc1ccc(Cl)cc1)N=C1S[C@@H]2CS(=O)(=O)C[C@H]2N1c1ccc2c(c1)OCO2. The Morgan fingerprint density at radius 2 is 1.94 bits per heavy atom. The molecule has 2 saturated heterocycles. The first-order valence-electron chi connectivity index (χ1n) is 9.44. The number of fused-ring (bicyclic) bond motifs is 2. The van der Waals surface area contributed by atoms with Crippen LogP contribution >= 0.6 is 23.4 Å². The van der Waals surface area contributed by atoms with Crippen LogP contribution in [0.15, 0.2) is 47.5 Å². The Morgan fingerprint density at radius 1 is 1.16 bits per heavy atom. The average molecular weight is 481 g/mol. The zero-order chi connectivity index (χ0) is 21.6. The lowest BCUT2D eigenvalue weighted by Gasteiger charge is -2.24. The minimum absolute atomic E-state index is 0.00753. The number of carbonyl (C=O) groups is 1. The first-order chi connectivity index (χ1) is 14.9. The predicted octanol–water partition coefficient (Wildman–Crippen LogP) is 2.75. The standard InChI is InChI=1S/C20H17ClN2O6S2/c21-12-1-4-14(5-2-12)27-8-19(24)22-20-23(15-9-31(25,26)10-18(15)30-20)13-3-6-16-17(7-13)29-11-28-16/h1-7,15,18H,8-11H2/t15-,18-/m1/s1. The normalized spacial score (nSPS) is 24.4. The summed E-state index contributed by atoms with van der Waals surface area (Å²) in [6.45, 7) is -0.107. The molecule has 2 aromatic rings. The molecule has 2 atom stereocenters. The number of carbonyl (C=O) groups excluding carboxylic acids is 1. The number of ether oxygens (including phenoxy) is 3. The molecule has 5 rings (SSSR count). The second-order valence-corrected chi connectivity index (χ2v) is 11.0. The first-order valence-corrected chi connectivity index (χ1v) is 12.5. The van der Waals surface area contributed by atoms with Crippen LogP contribution in [0.25, 0.3) is 0 Å². The van der Waals surface area contributed by atoms with E-state index in [4.69, 9.17) is 25.8 Å². The van der Waals surface area contributed by atoms with Crippen LogP contribution in [0, 0.1) is 0 Å². The number of hydrogen-bond donors (Lipinski definition) is 0. The molecule has 0 N–H and O–H groups in total. The maximum atomic E-state index is 12.5. The summed E-state index contributed by atoms with van der Waals surface area (Å²) in [6.07, 6.45) is 0.